The molecular formula is C30H21NO2S2. The zero-order valence-electron chi connectivity index (χ0n) is 19.0. The lowest BCUT2D eigenvalue weighted by atomic mass is 9.96. The fourth-order valence-electron chi connectivity index (χ4n) is 4.67. The highest BCUT2D eigenvalue weighted by atomic mass is 32.2. The van der Waals surface area contributed by atoms with E-state index in [4.69, 9.17) is 16.6 Å². The van der Waals surface area contributed by atoms with Crippen LogP contribution in [0.2, 0.25) is 0 Å². The molecule has 3 aliphatic rings. The Labute approximate surface area is 213 Å². The minimum atomic E-state index is -0.0524. The van der Waals surface area contributed by atoms with Crippen molar-refractivity contribution < 1.29 is 9.21 Å². The predicted molar refractivity (Wildman–Crippen MR) is 149 cm³/mol. The van der Waals surface area contributed by atoms with Crippen molar-refractivity contribution >= 4 is 51.1 Å². The molecule has 0 radical (unpaired) electrons. The van der Waals surface area contributed by atoms with Crippen LogP contribution in [0.3, 0.4) is 0 Å². The fourth-order valence-corrected chi connectivity index (χ4v) is 6.03. The smallest absolute Gasteiger partial charge is 0.266 e. The highest BCUT2D eigenvalue weighted by Crippen LogP contribution is 2.48. The van der Waals surface area contributed by atoms with Gasteiger partial charge < -0.3 is 4.42 Å². The average Bonchev–Trinajstić information content (AvgIpc) is 3.37. The molecule has 35 heavy (non-hydrogen) atoms. The Morgan fingerprint density at radius 2 is 1.51 bits per heavy atom. The molecule has 170 valence electrons. The maximum absolute atomic E-state index is 13.0. The second-order valence-corrected chi connectivity index (χ2v) is 10.0. The molecule has 0 unspecified atom stereocenters. The summed E-state index contributed by atoms with van der Waals surface area (Å²) >= 11 is 6.80. The topological polar surface area (TPSA) is 33.5 Å². The Hall–Kier alpha value is -3.67. The number of hydrogen-bond donors (Lipinski definition) is 0. The molecule has 2 aliphatic heterocycles. The van der Waals surface area contributed by atoms with Crippen LogP contribution < -0.4 is 0 Å². The molecule has 0 aromatic heterocycles. The van der Waals surface area contributed by atoms with Crippen LogP contribution in [0, 0.1) is 0 Å². The Morgan fingerprint density at radius 1 is 0.886 bits per heavy atom. The van der Waals surface area contributed by atoms with Crippen LogP contribution in [0.5, 0.6) is 0 Å². The summed E-state index contributed by atoms with van der Waals surface area (Å²) in [5.74, 6) is 1.50. The van der Waals surface area contributed by atoms with Crippen LogP contribution in [0.1, 0.15) is 12.5 Å². The number of thioether (sulfide) groups is 1. The SMILES string of the molecule is CCN1C(=O)C(=Cc2c3oc(-c4ccccc4)cc(-c4ccccc4)c-3c3ccccc23)SC1=S. The van der Waals surface area contributed by atoms with Crippen molar-refractivity contribution in [2.45, 2.75) is 6.92 Å². The third kappa shape index (κ3) is 3.68. The first-order valence-electron chi connectivity index (χ1n) is 11.5. The first kappa shape index (κ1) is 21.8. The quantitative estimate of drug-likeness (QED) is 0.188. The van der Waals surface area contributed by atoms with Crippen molar-refractivity contribution in [2.24, 2.45) is 0 Å². The number of nitrogens with zero attached hydrogens (tertiary/aromatic N) is 1. The van der Waals surface area contributed by atoms with Gasteiger partial charge in [-0.3, -0.25) is 9.69 Å². The normalized spacial score (nSPS) is 15.1. The molecule has 0 saturated carbocycles. The summed E-state index contributed by atoms with van der Waals surface area (Å²) in [6.45, 7) is 2.50. The van der Waals surface area contributed by atoms with Gasteiger partial charge in [0, 0.05) is 23.2 Å². The van der Waals surface area contributed by atoms with Crippen molar-refractivity contribution in [3.05, 3.63) is 101 Å². The van der Waals surface area contributed by atoms with E-state index < -0.39 is 0 Å². The van der Waals surface area contributed by atoms with Crippen LogP contribution in [-0.4, -0.2) is 21.7 Å². The van der Waals surface area contributed by atoms with Gasteiger partial charge in [0.1, 0.15) is 15.8 Å². The van der Waals surface area contributed by atoms with Gasteiger partial charge in [-0.1, -0.05) is 109 Å². The maximum Gasteiger partial charge on any atom is 0.266 e. The fraction of sp³-hybridized carbons (Fsp3) is 0.0667. The number of carbonyl (C=O) groups excluding carboxylic acids is 1. The van der Waals surface area contributed by atoms with E-state index in [1.807, 2.05) is 61.5 Å². The van der Waals surface area contributed by atoms with Gasteiger partial charge in [0.2, 0.25) is 0 Å². The molecule has 2 heterocycles. The molecule has 0 spiro atoms. The largest absolute Gasteiger partial charge is 0.455 e. The summed E-state index contributed by atoms with van der Waals surface area (Å²) in [6, 6.07) is 30.9. The molecule has 0 atom stereocenters. The Bertz CT molecular complexity index is 1590. The second kappa shape index (κ2) is 8.84. The van der Waals surface area contributed by atoms with Gasteiger partial charge in [-0.05, 0) is 41.0 Å². The van der Waals surface area contributed by atoms with Gasteiger partial charge in [0.15, 0.2) is 0 Å². The van der Waals surface area contributed by atoms with Crippen LogP contribution in [0.25, 0.3) is 50.6 Å². The number of likely N-dealkylation sites (N-methyl/N-ethyl adjacent to an activating group) is 1. The zero-order chi connectivity index (χ0) is 23.9. The van der Waals surface area contributed by atoms with Gasteiger partial charge in [0.25, 0.3) is 5.91 Å². The van der Waals surface area contributed by atoms with Crippen LogP contribution >= 0.6 is 24.0 Å². The molecule has 1 fully saturated rings. The average molecular weight is 492 g/mol. The van der Waals surface area contributed by atoms with E-state index in [2.05, 4.69) is 42.5 Å². The number of benzene rings is 3. The van der Waals surface area contributed by atoms with Crippen LogP contribution in [-0.2, 0) is 4.79 Å². The lowest BCUT2D eigenvalue weighted by Crippen LogP contribution is -2.27. The third-order valence-corrected chi connectivity index (χ3v) is 7.70. The molecule has 3 nitrogen and oxygen atoms in total. The van der Waals surface area contributed by atoms with Gasteiger partial charge >= 0.3 is 0 Å². The van der Waals surface area contributed by atoms with Gasteiger partial charge in [-0.15, -0.1) is 0 Å². The molecule has 0 N–H and O–H groups in total. The summed E-state index contributed by atoms with van der Waals surface area (Å²) in [5, 5.41) is 2.15. The summed E-state index contributed by atoms with van der Waals surface area (Å²) in [5.41, 5.74) is 5.17. The van der Waals surface area contributed by atoms with Gasteiger partial charge in [-0.2, -0.15) is 0 Å². The minimum Gasteiger partial charge on any atom is -0.455 e. The van der Waals surface area contributed by atoms with E-state index in [-0.39, 0.29) is 5.91 Å². The van der Waals surface area contributed by atoms with Gasteiger partial charge in [0.05, 0.1) is 4.91 Å². The molecular weight excluding hydrogens is 470 g/mol. The molecule has 3 aromatic rings. The number of amides is 1. The Morgan fingerprint density at radius 3 is 2.17 bits per heavy atom. The van der Waals surface area contributed by atoms with Crippen LogP contribution in [0.15, 0.2) is 100 Å². The standard InChI is InChI=1S/C30H21NO2S2/c1-2-31-29(32)26(35-30(31)34)18-24-21-15-9-10-16-22(21)27-23(19-11-5-3-6-12-19)17-25(33-28(24)27)20-13-7-4-8-14-20/h3-18H,2H2,1H3. The number of thiocarbonyl (C=S) groups is 1. The van der Waals surface area contributed by atoms with Crippen molar-refractivity contribution in [3.8, 4) is 33.8 Å². The van der Waals surface area contributed by atoms with Crippen molar-refractivity contribution in [2.75, 3.05) is 6.54 Å². The summed E-state index contributed by atoms with van der Waals surface area (Å²) in [4.78, 5) is 15.3. The van der Waals surface area contributed by atoms with E-state index in [1.165, 1.54) is 11.8 Å². The Balaban J connectivity index is 1.68. The predicted octanol–water partition coefficient (Wildman–Crippen LogP) is 8.09. The van der Waals surface area contributed by atoms with Gasteiger partial charge in [-0.25, -0.2) is 0 Å². The van der Waals surface area contributed by atoms with E-state index in [0.717, 1.165) is 50.1 Å². The summed E-state index contributed by atoms with van der Waals surface area (Å²) in [6.07, 6.45) is 1.95. The third-order valence-electron chi connectivity index (χ3n) is 6.32. The molecule has 0 bridgehead atoms. The monoisotopic (exact) mass is 491 g/mol. The highest BCUT2D eigenvalue weighted by Gasteiger charge is 2.32. The molecule has 1 saturated heterocycles. The van der Waals surface area contributed by atoms with Crippen LogP contribution in [0.4, 0.5) is 0 Å². The van der Waals surface area contributed by atoms with Crippen molar-refractivity contribution in [1.82, 2.24) is 4.90 Å². The molecule has 1 amide bonds. The van der Waals surface area contributed by atoms with E-state index in [1.54, 1.807) is 4.90 Å². The summed E-state index contributed by atoms with van der Waals surface area (Å²) in [7, 11) is 0. The first-order chi connectivity index (χ1) is 17.2. The number of rotatable bonds is 4. The lowest BCUT2D eigenvalue weighted by molar-refractivity contribution is -0.121. The number of hydrogen-bond acceptors (Lipinski definition) is 4. The second-order valence-electron chi connectivity index (χ2n) is 8.35. The zero-order valence-corrected chi connectivity index (χ0v) is 20.7. The van der Waals surface area contributed by atoms with E-state index in [0.29, 0.717) is 15.8 Å². The van der Waals surface area contributed by atoms with E-state index >= 15 is 0 Å². The van der Waals surface area contributed by atoms with Crippen molar-refractivity contribution in [1.29, 1.82) is 0 Å². The Kier molecular flexibility index (Phi) is 5.51. The molecule has 6 rings (SSSR count). The summed E-state index contributed by atoms with van der Waals surface area (Å²) < 4.78 is 7.23. The maximum atomic E-state index is 13.0. The number of carbonyl (C=O) groups is 1. The molecule has 3 aromatic carbocycles. The molecule has 1 aliphatic carbocycles. The first-order valence-corrected chi connectivity index (χ1v) is 12.7. The minimum absolute atomic E-state index is 0.0524. The molecule has 5 heteroatoms. The number of fused-ring (bicyclic) bond motifs is 3. The van der Waals surface area contributed by atoms with E-state index in [9.17, 15) is 4.79 Å². The lowest BCUT2D eigenvalue weighted by Gasteiger charge is -2.13. The highest BCUT2D eigenvalue weighted by molar-refractivity contribution is 8.26. The van der Waals surface area contributed by atoms with Crippen molar-refractivity contribution in [3.63, 3.8) is 0 Å².